The number of nitrogens with zero attached hydrogens (tertiary/aromatic N) is 4. The quantitative estimate of drug-likeness (QED) is 0.568. The van der Waals surface area contributed by atoms with Crippen molar-refractivity contribution < 1.29 is 19.0 Å². The number of rotatable bonds is 5. The van der Waals surface area contributed by atoms with E-state index >= 15 is 0 Å². The van der Waals surface area contributed by atoms with Crippen LogP contribution in [-0.4, -0.2) is 60.1 Å². The first-order chi connectivity index (χ1) is 16.1. The first kappa shape index (κ1) is 21.3. The molecule has 0 spiro atoms. The van der Waals surface area contributed by atoms with Gasteiger partial charge in [0.15, 0.2) is 23.4 Å². The number of ether oxygens (including phenoxy) is 3. The highest BCUT2D eigenvalue weighted by molar-refractivity contribution is 6.32. The standard InChI is InChI=1S/C24H23ClN4O4/c1-16(33-20-5-3-2-4-18(20)25)24(30)29-12-10-28(11-13-29)23-9-7-19(26-27-23)17-6-8-21-22(14-17)32-15-31-21/h2-9,14,16H,10-13,15H2,1H3. The zero-order valence-corrected chi connectivity index (χ0v) is 18.9. The van der Waals surface area contributed by atoms with Crippen LogP contribution in [0.5, 0.6) is 17.2 Å². The predicted octanol–water partition coefficient (Wildman–Crippen LogP) is 3.64. The van der Waals surface area contributed by atoms with Crippen molar-refractivity contribution in [1.29, 1.82) is 0 Å². The van der Waals surface area contributed by atoms with E-state index in [1.165, 1.54) is 0 Å². The van der Waals surface area contributed by atoms with Gasteiger partial charge in [-0.25, -0.2) is 0 Å². The van der Waals surface area contributed by atoms with Crippen molar-refractivity contribution in [1.82, 2.24) is 15.1 Å². The fraction of sp³-hybridized carbons (Fsp3) is 0.292. The van der Waals surface area contributed by atoms with Gasteiger partial charge >= 0.3 is 0 Å². The molecule has 5 rings (SSSR count). The Morgan fingerprint density at radius 2 is 1.79 bits per heavy atom. The maximum atomic E-state index is 12.8. The lowest BCUT2D eigenvalue weighted by Gasteiger charge is -2.36. The van der Waals surface area contributed by atoms with Crippen LogP contribution < -0.4 is 19.1 Å². The van der Waals surface area contributed by atoms with Crippen LogP contribution in [-0.2, 0) is 4.79 Å². The van der Waals surface area contributed by atoms with Gasteiger partial charge in [0, 0.05) is 31.7 Å². The highest BCUT2D eigenvalue weighted by Crippen LogP contribution is 2.35. The topological polar surface area (TPSA) is 77.0 Å². The molecule has 1 fully saturated rings. The van der Waals surface area contributed by atoms with Gasteiger partial charge in [0.2, 0.25) is 6.79 Å². The summed E-state index contributed by atoms with van der Waals surface area (Å²) in [5, 5.41) is 9.28. The molecule has 170 valence electrons. The molecule has 0 bridgehead atoms. The number of carbonyl (C=O) groups excluding carboxylic acids is 1. The molecule has 8 nitrogen and oxygen atoms in total. The molecule has 3 heterocycles. The van der Waals surface area contributed by atoms with Crippen LogP contribution in [0.1, 0.15) is 6.92 Å². The van der Waals surface area contributed by atoms with Gasteiger partial charge in [-0.1, -0.05) is 23.7 Å². The summed E-state index contributed by atoms with van der Waals surface area (Å²) in [6.07, 6.45) is -0.614. The van der Waals surface area contributed by atoms with Crippen molar-refractivity contribution in [2.45, 2.75) is 13.0 Å². The Hall–Kier alpha value is -3.52. The molecule has 9 heteroatoms. The minimum atomic E-state index is -0.614. The van der Waals surface area contributed by atoms with E-state index in [0.29, 0.717) is 42.7 Å². The van der Waals surface area contributed by atoms with E-state index in [4.69, 9.17) is 25.8 Å². The van der Waals surface area contributed by atoms with Crippen LogP contribution in [0.3, 0.4) is 0 Å². The van der Waals surface area contributed by atoms with E-state index in [1.54, 1.807) is 19.1 Å². The maximum Gasteiger partial charge on any atom is 0.263 e. The number of amides is 1. The Labute approximate surface area is 196 Å². The molecule has 0 N–H and O–H groups in total. The van der Waals surface area contributed by atoms with Crippen molar-refractivity contribution in [2.75, 3.05) is 37.9 Å². The summed E-state index contributed by atoms with van der Waals surface area (Å²) in [5.41, 5.74) is 1.68. The summed E-state index contributed by atoms with van der Waals surface area (Å²) in [5.74, 6) is 2.69. The lowest BCUT2D eigenvalue weighted by molar-refractivity contribution is -0.138. The molecule has 0 aliphatic carbocycles. The highest BCUT2D eigenvalue weighted by atomic mass is 35.5. The maximum absolute atomic E-state index is 12.8. The molecule has 1 saturated heterocycles. The van der Waals surface area contributed by atoms with Crippen LogP contribution in [0.15, 0.2) is 54.6 Å². The third-order valence-corrected chi connectivity index (χ3v) is 6.03. The van der Waals surface area contributed by atoms with Crippen molar-refractivity contribution >= 4 is 23.3 Å². The Kier molecular flexibility index (Phi) is 5.92. The Bertz CT molecular complexity index is 1150. The molecule has 1 atom stereocenters. The van der Waals surface area contributed by atoms with Crippen molar-refractivity contribution in [3.05, 3.63) is 59.6 Å². The minimum absolute atomic E-state index is 0.0567. The molecule has 33 heavy (non-hydrogen) atoms. The van der Waals surface area contributed by atoms with Gasteiger partial charge < -0.3 is 24.0 Å². The molecule has 1 amide bonds. The van der Waals surface area contributed by atoms with E-state index < -0.39 is 6.10 Å². The summed E-state index contributed by atoms with van der Waals surface area (Å²) in [6, 6.07) is 16.8. The normalized spacial score (nSPS) is 15.9. The molecule has 1 unspecified atom stereocenters. The largest absolute Gasteiger partial charge is 0.479 e. The number of piperazine rings is 1. The number of carbonyl (C=O) groups is 1. The molecular formula is C24H23ClN4O4. The lowest BCUT2D eigenvalue weighted by Crippen LogP contribution is -2.52. The van der Waals surface area contributed by atoms with Crippen LogP contribution in [0, 0.1) is 0 Å². The molecule has 0 radical (unpaired) electrons. The average Bonchev–Trinajstić information content (AvgIpc) is 3.33. The van der Waals surface area contributed by atoms with E-state index in [0.717, 1.165) is 22.8 Å². The lowest BCUT2D eigenvalue weighted by atomic mass is 10.1. The summed E-state index contributed by atoms with van der Waals surface area (Å²) in [4.78, 5) is 16.8. The van der Waals surface area contributed by atoms with Crippen molar-refractivity contribution in [2.24, 2.45) is 0 Å². The van der Waals surface area contributed by atoms with Crippen molar-refractivity contribution in [3.63, 3.8) is 0 Å². The monoisotopic (exact) mass is 466 g/mol. The molecule has 2 aliphatic heterocycles. The Morgan fingerprint density at radius 3 is 2.55 bits per heavy atom. The van der Waals surface area contributed by atoms with Crippen LogP contribution in [0.4, 0.5) is 5.82 Å². The number of fused-ring (bicyclic) bond motifs is 1. The predicted molar refractivity (Wildman–Crippen MR) is 124 cm³/mol. The first-order valence-electron chi connectivity index (χ1n) is 10.8. The van der Waals surface area contributed by atoms with E-state index in [9.17, 15) is 4.79 Å². The first-order valence-corrected chi connectivity index (χ1v) is 11.1. The smallest absolute Gasteiger partial charge is 0.263 e. The molecule has 0 saturated carbocycles. The van der Waals surface area contributed by atoms with E-state index in [-0.39, 0.29) is 12.7 Å². The van der Waals surface area contributed by atoms with Gasteiger partial charge in [-0.05, 0) is 49.4 Å². The second-order valence-corrected chi connectivity index (χ2v) is 8.25. The van der Waals surface area contributed by atoms with Crippen LogP contribution in [0.25, 0.3) is 11.3 Å². The van der Waals surface area contributed by atoms with Gasteiger partial charge in [0.05, 0.1) is 10.7 Å². The van der Waals surface area contributed by atoms with Gasteiger partial charge in [-0.15, -0.1) is 10.2 Å². The number of anilines is 1. The van der Waals surface area contributed by atoms with E-state index in [2.05, 4.69) is 15.1 Å². The average molecular weight is 467 g/mol. The number of para-hydroxylation sites is 1. The molecule has 2 aliphatic rings. The summed E-state index contributed by atoms with van der Waals surface area (Å²) < 4.78 is 16.6. The fourth-order valence-electron chi connectivity index (χ4n) is 3.90. The Morgan fingerprint density at radius 1 is 1.00 bits per heavy atom. The van der Waals surface area contributed by atoms with Gasteiger partial charge in [0.25, 0.3) is 5.91 Å². The Balaban J connectivity index is 1.18. The van der Waals surface area contributed by atoms with E-state index in [1.807, 2.05) is 47.4 Å². The summed E-state index contributed by atoms with van der Waals surface area (Å²) in [7, 11) is 0. The van der Waals surface area contributed by atoms with Gasteiger partial charge in [-0.2, -0.15) is 0 Å². The van der Waals surface area contributed by atoms with Gasteiger partial charge in [0.1, 0.15) is 5.75 Å². The number of aromatic nitrogens is 2. The number of hydrogen-bond acceptors (Lipinski definition) is 7. The summed E-state index contributed by atoms with van der Waals surface area (Å²) >= 11 is 6.14. The SMILES string of the molecule is CC(Oc1ccccc1Cl)C(=O)N1CCN(c2ccc(-c3ccc4c(c3)OCO4)nn2)CC1. The second-order valence-electron chi connectivity index (χ2n) is 7.85. The number of halogens is 1. The van der Waals surface area contributed by atoms with Crippen LogP contribution in [0.2, 0.25) is 5.02 Å². The fourth-order valence-corrected chi connectivity index (χ4v) is 4.08. The minimum Gasteiger partial charge on any atom is -0.479 e. The third-order valence-electron chi connectivity index (χ3n) is 5.72. The molecule has 1 aromatic heterocycles. The highest BCUT2D eigenvalue weighted by Gasteiger charge is 2.27. The number of benzene rings is 2. The zero-order chi connectivity index (χ0) is 22.8. The molecular weight excluding hydrogens is 444 g/mol. The van der Waals surface area contributed by atoms with Gasteiger partial charge in [-0.3, -0.25) is 4.79 Å². The third kappa shape index (κ3) is 4.52. The van der Waals surface area contributed by atoms with Crippen molar-refractivity contribution in [3.8, 4) is 28.5 Å². The number of hydrogen-bond donors (Lipinski definition) is 0. The molecule has 3 aromatic rings. The summed E-state index contributed by atoms with van der Waals surface area (Å²) in [6.45, 7) is 4.49. The van der Waals surface area contributed by atoms with Crippen LogP contribution >= 0.6 is 11.6 Å². The zero-order valence-electron chi connectivity index (χ0n) is 18.1. The second kappa shape index (κ2) is 9.15. The molecule has 2 aromatic carbocycles.